The number of nitrogens with one attached hydrogen (secondary N) is 2. The van der Waals surface area contributed by atoms with Crippen LogP contribution in [0.25, 0.3) is 0 Å². The number of rotatable bonds is 12. The Labute approximate surface area is 231 Å². The minimum absolute atomic E-state index is 0.0673. The molecule has 0 unspecified atom stereocenters. The van der Waals surface area contributed by atoms with Crippen molar-refractivity contribution in [3.63, 3.8) is 0 Å². The van der Waals surface area contributed by atoms with E-state index in [1.807, 2.05) is 36.5 Å². The van der Waals surface area contributed by atoms with Crippen molar-refractivity contribution in [1.29, 1.82) is 0 Å². The lowest BCUT2D eigenvalue weighted by molar-refractivity contribution is -0.123. The maximum atomic E-state index is 13.0. The zero-order valence-electron chi connectivity index (χ0n) is 23.1. The fourth-order valence-corrected chi connectivity index (χ4v) is 5.74. The largest absolute Gasteiger partial charge is 0.487 e. The van der Waals surface area contributed by atoms with Crippen molar-refractivity contribution in [3.8, 4) is 5.75 Å². The predicted octanol–water partition coefficient (Wildman–Crippen LogP) is 3.92. The van der Waals surface area contributed by atoms with Gasteiger partial charge in [-0.3, -0.25) is 4.79 Å². The number of amides is 1. The summed E-state index contributed by atoms with van der Waals surface area (Å²) in [6, 6.07) is 16.1. The number of benzene rings is 2. The van der Waals surface area contributed by atoms with E-state index in [1.165, 1.54) is 12.0 Å². The van der Waals surface area contributed by atoms with Gasteiger partial charge in [-0.15, -0.1) is 5.10 Å². The van der Waals surface area contributed by atoms with Gasteiger partial charge in [-0.25, -0.2) is 4.68 Å². The van der Waals surface area contributed by atoms with Crippen LogP contribution >= 0.6 is 0 Å². The molecule has 2 heterocycles. The number of fused-ring (bicyclic) bond motifs is 1. The van der Waals surface area contributed by atoms with Crippen LogP contribution in [0, 0.1) is 0 Å². The number of aryl methyl sites for hydroxylation is 2. The summed E-state index contributed by atoms with van der Waals surface area (Å²) in [5, 5.41) is 26.4. The third-order valence-corrected chi connectivity index (χ3v) is 8.11. The van der Waals surface area contributed by atoms with E-state index >= 15 is 0 Å². The molecule has 1 saturated carbocycles. The fraction of sp³-hybridized carbons (Fsp3) is 0.516. The molecule has 1 fully saturated rings. The van der Waals surface area contributed by atoms with Gasteiger partial charge in [0.1, 0.15) is 17.9 Å². The molecular weight excluding hydrogens is 490 g/mol. The number of nitrogens with zero attached hydrogens (tertiary/aromatic N) is 3. The number of aliphatic hydroxyl groups is 1. The maximum Gasteiger partial charge on any atom is 0.242 e. The first kappa shape index (κ1) is 27.3. The molecule has 8 nitrogen and oxygen atoms in total. The van der Waals surface area contributed by atoms with Gasteiger partial charge in [0.05, 0.1) is 17.8 Å². The summed E-state index contributed by atoms with van der Waals surface area (Å²) < 4.78 is 8.03. The molecule has 1 aliphatic heterocycles. The Morgan fingerprint density at radius 3 is 2.72 bits per heavy atom. The molecule has 8 heteroatoms. The van der Waals surface area contributed by atoms with Crippen LogP contribution in [0.2, 0.25) is 0 Å². The lowest BCUT2D eigenvalue weighted by Gasteiger charge is -2.48. The van der Waals surface area contributed by atoms with Gasteiger partial charge in [0.25, 0.3) is 0 Å². The zero-order chi connectivity index (χ0) is 27.2. The fourth-order valence-electron chi connectivity index (χ4n) is 5.74. The van der Waals surface area contributed by atoms with Gasteiger partial charge >= 0.3 is 0 Å². The molecule has 0 saturated heterocycles. The van der Waals surface area contributed by atoms with E-state index in [0.717, 1.165) is 61.1 Å². The summed E-state index contributed by atoms with van der Waals surface area (Å²) in [6.45, 7) is 4.67. The van der Waals surface area contributed by atoms with E-state index in [4.69, 9.17) is 4.74 Å². The van der Waals surface area contributed by atoms with Gasteiger partial charge in [-0.05, 0) is 55.7 Å². The molecule has 2 aliphatic rings. The second-order valence-electron chi connectivity index (χ2n) is 11.1. The van der Waals surface area contributed by atoms with Crippen LogP contribution < -0.4 is 15.4 Å². The highest BCUT2D eigenvalue weighted by Crippen LogP contribution is 2.49. The molecule has 1 amide bonds. The van der Waals surface area contributed by atoms with Gasteiger partial charge in [0, 0.05) is 30.8 Å². The first-order valence-electron chi connectivity index (χ1n) is 14.4. The van der Waals surface area contributed by atoms with Crippen molar-refractivity contribution in [2.45, 2.75) is 95.5 Å². The number of carbonyl (C=O) groups is 1. The van der Waals surface area contributed by atoms with E-state index in [1.54, 1.807) is 4.68 Å². The lowest BCUT2D eigenvalue weighted by Crippen LogP contribution is -2.52. The van der Waals surface area contributed by atoms with Crippen LogP contribution in [0.1, 0.15) is 74.4 Å². The van der Waals surface area contributed by atoms with Crippen LogP contribution in [0.3, 0.4) is 0 Å². The smallest absolute Gasteiger partial charge is 0.242 e. The summed E-state index contributed by atoms with van der Waals surface area (Å²) in [5.41, 5.74) is 4.28. The Kier molecular flexibility index (Phi) is 8.63. The number of hydrogen-bond acceptors (Lipinski definition) is 6. The molecule has 208 valence electrons. The lowest BCUT2D eigenvalue weighted by atomic mass is 9.72. The highest BCUT2D eigenvalue weighted by atomic mass is 16.5. The van der Waals surface area contributed by atoms with Gasteiger partial charge in [0.15, 0.2) is 0 Å². The monoisotopic (exact) mass is 531 g/mol. The van der Waals surface area contributed by atoms with E-state index in [-0.39, 0.29) is 24.1 Å². The van der Waals surface area contributed by atoms with E-state index in [9.17, 15) is 9.90 Å². The van der Waals surface area contributed by atoms with Gasteiger partial charge in [-0.1, -0.05) is 67.9 Å². The summed E-state index contributed by atoms with van der Waals surface area (Å²) in [5.74, 6) is 0.759. The molecule has 0 bridgehead atoms. The van der Waals surface area contributed by atoms with E-state index < -0.39 is 12.1 Å². The second kappa shape index (κ2) is 12.3. The zero-order valence-corrected chi connectivity index (χ0v) is 23.1. The van der Waals surface area contributed by atoms with Crippen molar-refractivity contribution in [3.05, 3.63) is 77.1 Å². The molecule has 3 aromatic rings. The van der Waals surface area contributed by atoms with Crippen LogP contribution in [0.15, 0.2) is 54.7 Å². The van der Waals surface area contributed by atoms with Crippen LogP contribution in [0.5, 0.6) is 5.75 Å². The maximum absolute atomic E-state index is 13.0. The average Bonchev–Trinajstić information content (AvgIpc) is 3.37. The van der Waals surface area contributed by atoms with Crippen LogP contribution in [-0.4, -0.2) is 50.3 Å². The SMILES string of the molecule is CCCc1cn(CC(=O)N[C@@H](Cc2ccccc2)[C@@H](O)CN[C@H]2CC3(CCC3)Oc3ccc(CC)cc32)nn1. The predicted molar refractivity (Wildman–Crippen MR) is 150 cm³/mol. The first-order valence-corrected chi connectivity index (χ1v) is 14.4. The van der Waals surface area contributed by atoms with Crippen molar-refractivity contribution < 1.29 is 14.6 Å². The molecule has 0 radical (unpaired) electrons. The summed E-state index contributed by atoms with van der Waals surface area (Å²) >= 11 is 0. The molecule has 39 heavy (non-hydrogen) atoms. The summed E-state index contributed by atoms with van der Waals surface area (Å²) in [4.78, 5) is 13.0. The number of hydrogen-bond donors (Lipinski definition) is 3. The Morgan fingerprint density at radius 2 is 2.00 bits per heavy atom. The molecule has 1 aromatic heterocycles. The summed E-state index contributed by atoms with van der Waals surface area (Å²) in [7, 11) is 0. The normalized spacial score (nSPS) is 19.0. The van der Waals surface area contributed by atoms with Crippen molar-refractivity contribution in [2.75, 3.05) is 6.54 Å². The van der Waals surface area contributed by atoms with Crippen molar-refractivity contribution >= 4 is 5.91 Å². The third kappa shape index (κ3) is 6.68. The Balaban J connectivity index is 1.27. The Bertz CT molecular complexity index is 1240. The molecule has 3 N–H and O–H groups in total. The van der Waals surface area contributed by atoms with Crippen LogP contribution in [-0.2, 0) is 30.6 Å². The highest BCUT2D eigenvalue weighted by molar-refractivity contribution is 5.76. The standard InChI is InChI=1S/C31H41N5O3/c1-3-9-24-20-36(35-34-24)21-30(38)33-26(17-23-10-6-5-7-11-23)28(37)19-32-27-18-31(14-8-15-31)39-29-13-12-22(4-2)16-25(27)29/h5-7,10-13,16,20,26-28,32,37H,3-4,8-9,14-15,17-19,21H2,1-2H3,(H,33,38)/t26-,27-,28-/m0/s1. The number of carbonyl (C=O) groups excluding carboxylic acids is 1. The minimum atomic E-state index is -0.779. The minimum Gasteiger partial charge on any atom is -0.487 e. The molecule has 3 atom stereocenters. The van der Waals surface area contributed by atoms with E-state index in [0.29, 0.717) is 13.0 Å². The van der Waals surface area contributed by atoms with Crippen molar-refractivity contribution in [2.24, 2.45) is 0 Å². The van der Waals surface area contributed by atoms with Crippen LogP contribution in [0.4, 0.5) is 0 Å². The number of aliphatic hydroxyl groups excluding tert-OH is 1. The Hall–Kier alpha value is -3.23. The molecule has 2 aromatic carbocycles. The molecule has 1 spiro atoms. The Morgan fingerprint density at radius 1 is 1.18 bits per heavy atom. The number of aromatic nitrogens is 3. The molecular formula is C31H41N5O3. The van der Waals surface area contributed by atoms with Gasteiger partial charge in [-0.2, -0.15) is 0 Å². The highest BCUT2D eigenvalue weighted by Gasteiger charge is 2.45. The van der Waals surface area contributed by atoms with Gasteiger partial charge < -0.3 is 20.5 Å². The van der Waals surface area contributed by atoms with Crippen molar-refractivity contribution in [1.82, 2.24) is 25.6 Å². The second-order valence-corrected chi connectivity index (χ2v) is 11.1. The topological polar surface area (TPSA) is 101 Å². The first-order chi connectivity index (χ1) is 19.0. The summed E-state index contributed by atoms with van der Waals surface area (Å²) in [6.07, 6.45) is 8.55. The van der Waals surface area contributed by atoms with Gasteiger partial charge in [0.2, 0.25) is 5.91 Å². The quantitative estimate of drug-likeness (QED) is 0.328. The van der Waals surface area contributed by atoms with E-state index in [2.05, 4.69) is 53.0 Å². The molecule has 5 rings (SSSR count). The number of ether oxygens (including phenoxy) is 1. The third-order valence-electron chi connectivity index (χ3n) is 8.11. The average molecular weight is 532 g/mol. The molecule has 1 aliphatic carbocycles.